The minimum Gasteiger partial charge on any atom is -0.462 e. The molecule has 4 N–H and O–H groups in total. The lowest BCUT2D eigenvalue weighted by atomic mass is 10.1. The molecule has 0 saturated heterocycles. The number of anilines is 1. The molecule has 2 aromatic heterocycles. The molecule has 0 aliphatic rings. The molecule has 20 nitrogen and oxygen atoms in total. The topological polar surface area (TPSA) is 276 Å². The number of aromatic nitrogens is 5. The fraction of sp³-hybridized carbons (Fsp3) is 0.727. The summed E-state index contributed by atoms with van der Waals surface area (Å²) in [6, 6.07) is 2.01. The first-order chi connectivity index (χ1) is 36.9. The van der Waals surface area contributed by atoms with E-state index in [2.05, 4.69) is 64.1 Å². The van der Waals surface area contributed by atoms with Crippen molar-refractivity contribution in [1.29, 1.82) is 0 Å². The summed E-state index contributed by atoms with van der Waals surface area (Å²) in [4.78, 5) is 59.4. The van der Waals surface area contributed by atoms with Gasteiger partial charge in [-0.2, -0.15) is 0 Å². The third kappa shape index (κ3) is 30.0. The van der Waals surface area contributed by atoms with Crippen molar-refractivity contribution >= 4 is 48.1 Å². The van der Waals surface area contributed by atoms with Gasteiger partial charge >= 0.3 is 25.4 Å². The monoisotopic (exact) mass is 1090 g/mol. The number of ether oxygens (including phenoxy) is 2. The van der Waals surface area contributed by atoms with Crippen molar-refractivity contribution < 1.29 is 51.9 Å². The Balaban J connectivity index is 1.39. The molecule has 0 bridgehead atoms. The van der Waals surface area contributed by atoms with Crippen LogP contribution in [0.25, 0.3) is 11.0 Å². The van der Waals surface area contributed by atoms with Crippen LogP contribution in [0.4, 0.5) is 11.4 Å². The molecule has 0 spiro atoms. The van der Waals surface area contributed by atoms with Crippen LogP contribution in [0.1, 0.15) is 225 Å². The Hall–Kier alpha value is -5.04. The average Bonchev–Trinajstić information content (AvgIpc) is 4.09. The number of phosphoric ester groups is 1. The van der Waals surface area contributed by atoms with Crippen molar-refractivity contribution in [2.45, 2.75) is 231 Å². The first-order valence-corrected chi connectivity index (χ1v) is 30.0. The third-order valence-electron chi connectivity index (χ3n) is 13.1. The summed E-state index contributed by atoms with van der Waals surface area (Å²) in [5.74, 6) is -1.60. The number of amides is 1. The second kappa shape index (κ2) is 41.1. The lowest BCUT2D eigenvalue weighted by Gasteiger charge is -2.20. The van der Waals surface area contributed by atoms with Crippen LogP contribution in [0.15, 0.2) is 47.3 Å². The van der Waals surface area contributed by atoms with Gasteiger partial charge in [-0.3, -0.25) is 33.5 Å². The zero-order chi connectivity index (χ0) is 54.9. The molecule has 1 unspecified atom stereocenters. The van der Waals surface area contributed by atoms with Crippen molar-refractivity contribution in [2.75, 3.05) is 31.7 Å². The second-order valence-corrected chi connectivity index (χ2v) is 21.1. The van der Waals surface area contributed by atoms with Gasteiger partial charge in [-0.25, -0.2) is 13.9 Å². The van der Waals surface area contributed by atoms with E-state index >= 15 is 0 Å². The van der Waals surface area contributed by atoms with Gasteiger partial charge < -0.3 is 25.4 Å². The predicted molar refractivity (Wildman–Crippen MR) is 294 cm³/mol. The largest absolute Gasteiger partial charge is 0.472 e. The number of hydrogen-bond acceptors (Lipinski definition) is 16. The molecule has 21 heteroatoms. The minimum absolute atomic E-state index is 0.0325. The second-order valence-electron chi connectivity index (χ2n) is 19.7. The summed E-state index contributed by atoms with van der Waals surface area (Å²) in [6.45, 7) is 3.72. The van der Waals surface area contributed by atoms with Gasteiger partial charge in [0.25, 0.3) is 0 Å². The first-order valence-electron chi connectivity index (χ1n) is 28.5. The summed E-state index contributed by atoms with van der Waals surface area (Å²) in [6.07, 6.45) is 40.8. The molecule has 1 amide bonds. The number of carbonyl (C=O) groups is 3. The van der Waals surface area contributed by atoms with Crippen molar-refractivity contribution in [1.82, 2.24) is 25.3 Å². The maximum absolute atomic E-state index is 13.0. The number of unbranched alkanes of at least 4 members (excludes halogenated alkanes) is 23. The lowest BCUT2D eigenvalue weighted by molar-refractivity contribution is -0.383. The standard InChI is InChI=1S/C55H91N8O12P/c1-3-5-7-9-11-13-15-17-19-21-23-25-27-29-31-36-51(64)71-44-47(74-52(65)37-32-30-28-26-24-22-20-18-16-14-12-10-8-6-4-2)45-73-76(69,70)72-42-40-46-43-62(61-58-46)50(55(56)66)35-33-34-41-57-48-38-39-49(63(67)68)54-53(48)59-75-60-54/h17-20,38-39,43,47,50,57H,3-16,21-37,40-42,44-45H2,1-2H3,(H2,56,66)(H,69,70)/b19-17-,20-18-/t47-,50+/m1/s1. The first kappa shape index (κ1) is 65.2. The Bertz CT molecular complexity index is 2170. The Kier molecular flexibility index (Phi) is 35.3. The van der Waals surface area contributed by atoms with E-state index in [1.54, 1.807) is 0 Å². The maximum atomic E-state index is 13.0. The number of rotatable bonds is 49. The van der Waals surface area contributed by atoms with Gasteiger partial charge in [-0.05, 0) is 99.9 Å². The average molecular weight is 1090 g/mol. The highest BCUT2D eigenvalue weighted by atomic mass is 31.2. The van der Waals surface area contributed by atoms with Crippen molar-refractivity contribution in [3.8, 4) is 0 Å². The predicted octanol–water partition coefficient (Wildman–Crippen LogP) is 13.2. The summed E-state index contributed by atoms with van der Waals surface area (Å²) in [5.41, 5.74) is 6.61. The number of nitro benzene ring substituents is 1. The van der Waals surface area contributed by atoms with Gasteiger partial charge in [-0.1, -0.05) is 146 Å². The van der Waals surface area contributed by atoms with Gasteiger partial charge in [0.05, 0.1) is 29.5 Å². The molecule has 1 aromatic carbocycles. The molecule has 0 fully saturated rings. The van der Waals surface area contributed by atoms with Crippen molar-refractivity contribution in [3.63, 3.8) is 0 Å². The summed E-state index contributed by atoms with van der Waals surface area (Å²) in [7, 11) is -4.68. The summed E-state index contributed by atoms with van der Waals surface area (Å²) in [5, 5.41) is 30.0. The number of nitro groups is 1. The zero-order valence-corrected chi connectivity index (χ0v) is 46.7. The number of primary amides is 1. The Morgan fingerprint density at radius 1 is 0.737 bits per heavy atom. The Morgan fingerprint density at radius 3 is 1.84 bits per heavy atom. The van der Waals surface area contributed by atoms with E-state index in [1.807, 2.05) is 0 Å². The SMILES string of the molecule is CCCCCCCC/C=C\CCCCCCCC(=O)OC[C@H](COP(=O)(O)OCCc1cn([C@@H](CCCCNc2ccc([N+](=O)[O-])c3nonc23)C(N)=O)nn1)OC(=O)CCCCCCC/C=C\CCCCCCCC. The summed E-state index contributed by atoms with van der Waals surface area (Å²) < 4.78 is 40.6. The number of nitrogens with zero attached hydrogens (tertiary/aromatic N) is 6. The molecular weight excluding hydrogens is 996 g/mol. The number of phosphoric acid groups is 1. The van der Waals surface area contributed by atoms with Crippen LogP contribution >= 0.6 is 7.82 Å². The molecule has 0 aliphatic heterocycles. The Labute approximate surface area is 451 Å². The van der Waals surface area contributed by atoms with Crippen LogP contribution in [-0.2, 0) is 43.9 Å². The number of benzene rings is 1. The van der Waals surface area contributed by atoms with Crippen LogP contribution in [-0.4, -0.2) is 85.4 Å². The highest BCUT2D eigenvalue weighted by molar-refractivity contribution is 7.47. The van der Waals surface area contributed by atoms with Crippen molar-refractivity contribution in [2.24, 2.45) is 5.73 Å². The molecule has 3 aromatic rings. The van der Waals surface area contributed by atoms with Crippen LogP contribution in [0.5, 0.6) is 0 Å². The number of fused-ring (bicyclic) bond motifs is 1. The van der Waals surface area contributed by atoms with Gasteiger partial charge in [0.15, 0.2) is 11.6 Å². The molecule has 2 heterocycles. The molecular formula is C55H91N8O12P. The van der Waals surface area contributed by atoms with Gasteiger partial charge in [-0.15, -0.1) is 5.10 Å². The molecule has 3 rings (SSSR count). The molecule has 0 radical (unpaired) electrons. The number of allylic oxidation sites excluding steroid dienone is 4. The number of esters is 2. The highest BCUT2D eigenvalue weighted by Gasteiger charge is 2.27. The van der Waals surface area contributed by atoms with Gasteiger partial charge in [0.1, 0.15) is 12.6 Å². The number of carbonyl (C=O) groups excluding carboxylic acids is 3. The number of hydrogen-bond donors (Lipinski definition) is 3. The lowest BCUT2D eigenvalue weighted by Crippen LogP contribution is -2.29. The van der Waals surface area contributed by atoms with Gasteiger partial charge in [0, 0.05) is 38.1 Å². The van der Waals surface area contributed by atoms with Crippen molar-refractivity contribution in [3.05, 3.63) is 58.4 Å². The highest BCUT2D eigenvalue weighted by Crippen LogP contribution is 2.43. The molecule has 0 aliphatic carbocycles. The fourth-order valence-corrected chi connectivity index (χ4v) is 9.34. The number of nitrogens with two attached hydrogens (primary N) is 1. The maximum Gasteiger partial charge on any atom is 0.472 e. The molecule has 0 saturated carbocycles. The normalized spacial score (nSPS) is 13.4. The van der Waals surface area contributed by atoms with E-state index in [-0.39, 0.29) is 49.2 Å². The number of non-ortho nitro benzene ring substituents is 1. The van der Waals surface area contributed by atoms with E-state index in [0.717, 1.165) is 77.0 Å². The van der Waals surface area contributed by atoms with E-state index in [0.29, 0.717) is 50.0 Å². The van der Waals surface area contributed by atoms with E-state index in [1.165, 1.54) is 100 Å². The van der Waals surface area contributed by atoms with E-state index < -0.39 is 49.3 Å². The minimum atomic E-state index is -4.68. The zero-order valence-electron chi connectivity index (χ0n) is 45.8. The van der Waals surface area contributed by atoms with Crippen LogP contribution in [0.3, 0.4) is 0 Å². The van der Waals surface area contributed by atoms with E-state index in [9.17, 15) is 34.0 Å². The quantitative estimate of drug-likeness (QED) is 0.0118. The summed E-state index contributed by atoms with van der Waals surface area (Å²) >= 11 is 0. The van der Waals surface area contributed by atoms with Crippen LogP contribution in [0.2, 0.25) is 0 Å². The Morgan fingerprint density at radius 2 is 1.28 bits per heavy atom. The van der Waals surface area contributed by atoms with Gasteiger partial charge in [0.2, 0.25) is 11.4 Å². The number of nitrogens with one attached hydrogen (secondary N) is 1. The molecule has 76 heavy (non-hydrogen) atoms. The van der Waals surface area contributed by atoms with E-state index in [4.69, 9.17) is 28.9 Å². The third-order valence-corrected chi connectivity index (χ3v) is 14.1. The molecule has 3 atom stereocenters. The smallest absolute Gasteiger partial charge is 0.462 e. The fourth-order valence-electron chi connectivity index (χ4n) is 8.59. The van der Waals surface area contributed by atoms with Crippen LogP contribution < -0.4 is 11.1 Å². The van der Waals surface area contributed by atoms with Crippen LogP contribution in [0, 0.1) is 10.1 Å². The molecule has 428 valence electrons.